The molecular weight excluding hydrogens is 733 g/mol. The van der Waals surface area contributed by atoms with Gasteiger partial charge in [0.2, 0.25) is 0 Å². The first kappa shape index (κ1) is 57.4. The van der Waals surface area contributed by atoms with Gasteiger partial charge >= 0.3 is 17.9 Å². The van der Waals surface area contributed by atoms with Gasteiger partial charge in [-0.25, -0.2) is 0 Å². The molecule has 6 heteroatoms. The van der Waals surface area contributed by atoms with E-state index in [9.17, 15) is 14.4 Å². The van der Waals surface area contributed by atoms with Crippen LogP contribution in [-0.4, -0.2) is 37.2 Å². The third-order valence-electron chi connectivity index (χ3n) is 12.3. The summed E-state index contributed by atoms with van der Waals surface area (Å²) in [7, 11) is 0. The van der Waals surface area contributed by atoms with E-state index in [1.807, 2.05) is 0 Å². The maximum absolute atomic E-state index is 12.8. The van der Waals surface area contributed by atoms with Crippen LogP contribution < -0.4 is 0 Å². The maximum Gasteiger partial charge on any atom is 0.306 e. The molecule has 0 aromatic heterocycles. The van der Waals surface area contributed by atoms with E-state index in [1.165, 1.54) is 167 Å². The molecule has 0 spiro atoms. The molecule has 0 saturated carbocycles. The van der Waals surface area contributed by atoms with Crippen molar-refractivity contribution in [2.24, 2.45) is 17.8 Å². The number of carbonyl (C=O) groups is 3. The smallest absolute Gasteiger partial charge is 0.306 e. The number of unbranched alkanes of at least 4 members (excludes halogenated alkanes) is 28. The summed E-state index contributed by atoms with van der Waals surface area (Å²) < 4.78 is 16.8. The zero-order valence-electron chi connectivity index (χ0n) is 40.5. The van der Waals surface area contributed by atoms with Crippen LogP contribution in [0, 0.1) is 17.8 Å². The van der Waals surface area contributed by atoms with Crippen LogP contribution in [0.15, 0.2) is 0 Å². The predicted molar refractivity (Wildman–Crippen MR) is 252 cm³/mol. The molecule has 0 N–H and O–H groups in total. The van der Waals surface area contributed by atoms with Gasteiger partial charge < -0.3 is 14.2 Å². The van der Waals surface area contributed by atoms with Crippen molar-refractivity contribution in [3.05, 3.63) is 0 Å². The Kier molecular flexibility index (Phi) is 43.3. The average molecular weight is 835 g/mol. The van der Waals surface area contributed by atoms with Crippen LogP contribution in [0.2, 0.25) is 0 Å². The SMILES string of the molecule is CCC(C)CCCCCCCCC(=O)OC[C@@H](COC(=O)CCCCCCCCCCCCC(C)C)OC(=O)CCCCCCCCCCCCCCCCCC(C)C. The van der Waals surface area contributed by atoms with Crippen LogP contribution in [0.4, 0.5) is 0 Å². The van der Waals surface area contributed by atoms with Crippen molar-refractivity contribution in [3.63, 3.8) is 0 Å². The summed E-state index contributed by atoms with van der Waals surface area (Å²) in [4.78, 5) is 37.9. The molecule has 0 aromatic rings. The molecule has 350 valence electrons. The largest absolute Gasteiger partial charge is 0.462 e. The first-order valence-electron chi connectivity index (χ1n) is 26.1. The van der Waals surface area contributed by atoms with Gasteiger partial charge in [-0.15, -0.1) is 0 Å². The molecule has 0 aromatic carbocycles. The lowest BCUT2D eigenvalue weighted by Crippen LogP contribution is -2.30. The summed E-state index contributed by atoms with van der Waals surface area (Å²) in [5.41, 5.74) is 0. The Labute approximate surface area is 368 Å². The minimum Gasteiger partial charge on any atom is -0.462 e. The topological polar surface area (TPSA) is 78.9 Å². The lowest BCUT2D eigenvalue weighted by Gasteiger charge is -2.18. The molecule has 0 aliphatic carbocycles. The standard InChI is InChI=1S/C53H102O6/c1-7-49(6)41-35-29-25-26-31-37-43-52(55)58-46-50(45-57-51(54)42-36-30-23-19-16-15-18-22-28-34-40-48(4)5)59-53(56)44-38-32-24-20-14-12-10-8-9-11-13-17-21-27-33-39-47(2)3/h47-50H,7-46H2,1-6H3/t49?,50-/m1/s1. The van der Waals surface area contributed by atoms with Crippen molar-refractivity contribution < 1.29 is 28.6 Å². The molecule has 59 heavy (non-hydrogen) atoms. The third kappa shape index (κ3) is 45.8. The number of rotatable bonds is 46. The molecule has 0 fully saturated rings. The highest BCUT2D eigenvalue weighted by Gasteiger charge is 2.19. The van der Waals surface area contributed by atoms with Crippen molar-refractivity contribution in [1.82, 2.24) is 0 Å². The fourth-order valence-electron chi connectivity index (χ4n) is 7.91. The van der Waals surface area contributed by atoms with Crippen molar-refractivity contribution in [1.29, 1.82) is 0 Å². The molecule has 1 unspecified atom stereocenters. The zero-order valence-corrected chi connectivity index (χ0v) is 40.5. The second-order valence-electron chi connectivity index (χ2n) is 19.4. The van der Waals surface area contributed by atoms with Gasteiger partial charge in [0, 0.05) is 19.3 Å². The van der Waals surface area contributed by atoms with Gasteiger partial charge in [-0.3, -0.25) is 14.4 Å². The summed E-state index contributed by atoms with van der Waals surface area (Å²) in [6.07, 6.45) is 43.8. The van der Waals surface area contributed by atoms with Crippen molar-refractivity contribution in [2.75, 3.05) is 13.2 Å². The normalized spacial score (nSPS) is 12.6. The Morgan fingerprint density at radius 2 is 0.593 bits per heavy atom. The summed E-state index contributed by atoms with van der Waals surface area (Å²) in [6, 6.07) is 0. The highest BCUT2D eigenvalue weighted by atomic mass is 16.6. The second kappa shape index (κ2) is 44.5. The highest BCUT2D eigenvalue weighted by Crippen LogP contribution is 2.18. The Hall–Kier alpha value is -1.59. The Bertz CT molecular complexity index is 916. The fraction of sp³-hybridized carbons (Fsp3) is 0.943. The quantitative estimate of drug-likeness (QED) is 0.0345. The number of ether oxygens (including phenoxy) is 3. The molecule has 0 aliphatic rings. The monoisotopic (exact) mass is 835 g/mol. The maximum atomic E-state index is 12.8. The van der Waals surface area contributed by atoms with E-state index in [1.54, 1.807) is 0 Å². The van der Waals surface area contributed by atoms with Crippen LogP contribution in [0.5, 0.6) is 0 Å². The number of esters is 3. The Morgan fingerprint density at radius 1 is 0.339 bits per heavy atom. The third-order valence-corrected chi connectivity index (χ3v) is 12.3. The minimum atomic E-state index is -0.763. The summed E-state index contributed by atoms with van der Waals surface area (Å²) in [5.74, 6) is 1.63. The van der Waals surface area contributed by atoms with E-state index in [4.69, 9.17) is 14.2 Å². The van der Waals surface area contributed by atoms with Gasteiger partial charge in [-0.1, -0.05) is 247 Å². The van der Waals surface area contributed by atoms with Gasteiger partial charge in [0.25, 0.3) is 0 Å². The van der Waals surface area contributed by atoms with Gasteiger partial charge in [-0.2, -0.15) is 0 Å². The van der Waals surface area contributed by atoms with Crippen molar-refractivity contribution in [3.8, 4) is 0 Å². The van der Waals surface area contributed by atoms with E-state index in [2.05, 4.69) is 41.5 Å². The molecule has 0 aliphatic heterocycles. The van der Waals surface area contributed by atoms with Gasteiger partial charge in [-0.05, 0) is 37.0 Å². The van der Waals surface area contributed by atoms with E-state index in [0.717, 1.165) is 75.5 Å². The number of hydrogen-bond donors (Lipinski definition) is 0. The van der Waals surface area contributed by atoms with Gasteiger partial charge in [0.1, 0.15) is 13.2 Å². The van der Waals surface area contributed by atoms with Crippen molar-refractivity contribution in [2.45, 2.75) is 292 Å². The lowest BCUT2D eigenvalue weighted by molar-refractivity contribution is -0.167. The van der Waals surface area contributed by atoms with E-state index in [-0.39, 0.29) is 31.1 Å². The lowest BCUT2D eigenvalue weighted by atomic mass is 10.00. The number of carbonyl (C=O) groups excluding carboxylic acids is 3. The van der Waals surface area contributed by atoms with E-state index in [0.29, 0.717) is 19.3 Å². The molecular formula is C53H102O6. The van der Waals surface area contributed by atoms with Crippen LogP contribution in [-0.2, 0) is 28.6 Å². The molecule has 0 rings (SSSR count). The van der Waals surface area contributed by atoms with Crippen LogP contribution in [0.1, 0.15) is 286 Å². The van der Waals surface area contributed by atoms with E-state index >= 15 is 0 Å². The Morgan fingerprint density at radius 3 is 0.881 bits per heavy atom. The van der Waals surface area contributed by atoms with Crippen LogP contribution in [0.25, 0.3) is 0 Å². The first-order chi connectivity index (χ1) is 28.6. The summed E-state index contributed by atoms with van der Waals surface area (Å²) >= 11 is 0. The molecule has 0 saturated heterocycles. The first-order valence-corrected chi connectivity index (χ1v) is 26.1. The fourth-order valence-corrected chi connectivity index (χ4v) is 7.91. The van der Waals surface area contributed by atoms with Gasteiger partial charge in [0.15, 0.2) is 6.10 Å². The van der Waals surface area contributed by atoms with Crippen molar-refractivity contribution >= 4 is 17.9 Å². The molecule has 6 nitrogen and oxygen atoms in total. The number of hydrogen-bond acceptors (Lipinski definition) is 6. The van der Waals surface area contributed by atoms with Crippen LogP contribution >= 0.6 is 0 Å². The van der Waals surface area contributed by atoms with Crippen LogP contribution in [0.3, 0.4) is 0 Å². The van der Waals surface area contributed by atoms with E-state index < -0.39 is 6.10 Å². The molecule has 0 heterocycles. The Balaban J connectivity index is 4.29. The average Bonchev–Trinajstić information content (AvgIpc) is 3.20. The molecule has 0 amide bonds. The minimum absolute atomic E-state index is 0.0654. The zero-order chi connectivity index (χ0) is 43.4. The second-order valence-corrected chi connectivity index (χ2v) is 19.4. The van der Waals surface area contributed by atoms with Gasteiger partial charge in [0.05, 0.1) is 0 Å². The molecule has 0 radical (unpaired) electrons. The summed E-state index contributed by atoms with van der Waals surface area (Å²) in [6.45, 7) is 13.7. The summed E-state index contributed by atoms with van der Waals surface area (Å²) in [5, 5.41) is 0. The molecule has 0 bridgehead atoms. The highest BCUT2D eigenvalue weighted by molar-refractivity contribution is 5.71. The molecule has 2 atom stereocenters. The predicted octanol–water partition coefficient (Wildman–Crippen LogP) is 16.8.